The zero-order valence-electron chi connectivity index (χ0n) is 8.04. The van der Waals surface area contributed by atoms with E-state index in [2.05, 4.69) is 0 Å². The molecule has 0 amide bonds. The third-order valence-corrected chi connectivity index (χ3v) is 1.59. The second-order valence-electron chi connectivity index (χ2n) is 3.19. The molecule has 0 atom stereocenters. The van der Waals surface area contributed by atoms with E-state index in [0.717, 1.165) is 6.92 Å². The molecule has 15 heavy (non-hydrogen) atoms. The zero-order valence-corrected chi connectivity index (χ0v) is 8.04. The van der Waals surface area contributed by atoms with Gasteiger partial charge in [0.1, 0.15) is 5.75 Å². The average Bonchev–Trinajstić information content (AvgIpc) is 2.14. The first-order valence-corrected chi connectivity index (χ1v) is 4.22. The van der Waals surface area contributed by atoms with Crippen LogP contribution in [0.1, 0.15) is 17.3 Å². The second-order valence-corrected chi connectivity index (χ2v) is 3.19. The molecule has 0 saturated heterocycles. The van der Waals surface area contributed by atoms with Crippen LogP contribution in [0.4, 0.5) is 8.78 Å². The van der Waals surface area contributed by atoms with Gasteiger partial charge in [0.2, 0.25) is 0 Å². The number of alkyl halides is 2. The summed E-state index contributed by atoms with van der Waals surface area (Å²) in [5.74, 6) is -3.74. The molecule has 0 bridgehead atoms. The van der Waals surface area contributed by atoms with E-state index in [1.807, 2.05) is 0 Å². The van der Waals surface area contributed by atoms with Gasteiger partial charge in [-0.25, -0.2) is 13.6 Å². The largest absolute Gasteiger partial charge is 0.487 e. The third-order valence-electron chi connectivity index (χ3n) is 1.59. The second kappa shape index (κ2) is 4.25. The number of carboxylic acid groups (broad SMARTS) is 1. The normalized spacial score (nSPS) is 11.1. The molecule has 0 spiro atoms. The Morgan fingerprint density at radius 3 is 2.33 bits per heavy atom. The fraction of sp³-hybridized carbons (Fsp3) is 0.300. The number of aromatic carboxylic acids is 1. The molecule has 0 heterocycles. The molecule has 1 N–H and O–H groups in total. The third kappa shape index (κ3) is 3.93. The van der Waals surface area contributed by atoms with Gasteiger partial charge in [-0.15, -0.1) is 0 Å². The van der Waals surface area contributed by atoms with Crippen LogP contribution in [-0.4, -0.2) is 23.6 Å². The van der Waals surface area contributed by atoms with Crippen LogP contribution in [0.5, 0.6) is 5.75 Å². The Morgan fingerprint density at radius 2 is 1.93 bits per heavy atom. The Balaban J connectivity index is 2.61. The van der Waals surface area contributed by atoms with Gasteiger partial charge in [-0.3, -0.25) is 0 Å². The Kier molecular flexibility index (Phi) is 3.24. The van der Waals surface area contributed by atoms with E-state index in [1.165, 1.54) is 24.3 Å². The highest BCUT2D eigenvalue weighted by Gasteiger charge is 2.21. The van der Waals surface area contributed by atoms with E-state index in [0.29, 0.717) is 0 Å². The SMILES string of the molecule is CC(F)(F)COc1ccc(C(=O)O)cc1. The van der Waals surface area contributed by atoms with Crippen molar-refractivity contribution in [2.75, 3.05) is 6.61 Å². The highest BCUT2D eigenvalue weighted by Crippen LogP contribution is 2.17. The van der Waals surface area contributed by atoms with Crippen molar-refractivity contribution < 1.29 is 23.4 Å². The zero-order chi connectivity index (χ0) is 11.5. The highest BCUT2D eigenvalue weighted by molar-refractivity contribution is 5.87. The lowest BCUT2D eigenvalue weighted by Gasteiger charge is -2.11. The molecule has 1 aromatic carbocycles. The summed E-state index contributed by atoms with van der Waals surface area (Å²) in [6.45, 7) is 0.0258. The van der Waals surface area contributed by atoms with E-state index in [1.54, 1.807) is 0 Å². The Morgan fingerprint density at radius 1 is 1.40 bits per heavy atom. The molecular formula is C10H10F2O3. The van der Waals surface area contributed by atoms with Gasteiger partial charge < -0.3 is 9.84 Å². The standard InChI is InChI=1S/C10H10F2O3/c1-10(11,12)6-15-8-4-2-7(3-5-8)9(13)14/h2-5H,6H2,1H3,(H,13,14). The van der Waals surface area contributed by atoms with Gasteiger partial charge in [-0.05, 0) is 24.3 Å². The molecular weight excluding hydrogens is 206 g/mol. The highest BCUT2D eigenvalue weighted by atomic mass is 19.3. The molecule has 0 saturated carbocycles. The maximum atomic E-state index is 12.4. The number of rotatable bonds is 4. The minimum Gasteiger partial charge on any atom is -0.487 e. The first-order chi connectivity index (χ1) is 6.88. The monoisotopic (exact) mass is 216 g/mol. The maximum Gasteiger partial charge on any atom is 0.335 e. The lowest BCUT2D eigenvalue weighted by atomic mass is 10.2. The van der Waals surface area contributed by atoms with Crippen LogP contribution < -0.4 is 4.74 Å². The van der Waals surface area contributed by atoms with Gasteiger partial charge in [-0.1, -0.05) is 0 Å². The van der Waals surface area contributed by atoms with Crippen molar-refractivity contribution in [3.8, 4) is 5.75 Å². The summed E-state index contributed by atoms with van der Waals surface area (Å²) in [5.41, 5.74) is 0.0885. The van der Waals surface area contributed by atoms with Crippen molar-refractivity contribution in [1.82, 2.24) is 0 Å². The molecule has 0 aromatic heterocycles. The van der Waals surface area contributed by atoms with Crippen LogP contribution in [0, 0.1) is 0 Å². The molecule has 1 rings (SSSR count). The van der Waals surface area contributed by atoms with Crippen molar-refractivity contribution in [3.63, 3.8) is 0 Å². The topological polar surface area (TPSA) is 46.5 Å². The lowest BCUT2D eigenvalue weighted by molar-refractivity contribution is -0.0229. The average molecular weight is 216 g/mol. The van der Waals surface area contributed by atoms with Crippen LogP contribution >= 0.6 is 0 Å². The van der Waals surface area contributed by atoms with Crippen molar-refractivity contribution in [2.45, 2.75) is 12.8 Å². The number of ether oxygens (including phenoxy) is 1. The predicted octanol–water partition coefficient (Wildman–Crippen LogP) is 2.42. The summed E-state index contributed by atoms with van der Waals surface area (Å²) in [4.78, 5) is 10.5. The summed E-state index contributed by atoms with van der Waals surface area (Å²) in [5, 5.41) is 8.57. The van der Waals surface area contributed by atoms with Crippen LogP contribution in [0.2, 0.25) is 0 Å². The maximum absolute atomic E-state index is 12.4. The van der Waals surface area contributed by atoms with Crippen LogP contribution in [-0.2, 0) is 0 Å². The number of halogens is 2. The molecule has 0 aliphatic carbocycles. The number of hydrogen-bond donors (Lipinski definition) is 1. The Hall–Kier alpha value is -1.65. The van der Waals surface area contributed by atoms with Crippen molar-refractivity contribution in [3.05, 3.63) is 29.8 Å². The predicted molar refractivity (Wildman–Crippen MR) is 49.5 cm³/mol. The molecule has 3 nitrogen and oxygen atoms in total. The number of carboxylic acids is 1. The van der Waals surface area contributed by atoms with Crippen molar-refractivity contribution in [1.29, 1.82) is 0 Å². The lowest BCUT2D eigenvalue weighted by Crippen LogP contribution is -2.20. The molecule has 5 heteroatoms. The van der Waals surface area contributed by atoms with Crippen LogP contribution in [0.25, 0.3) is 0 Å². The van der Waals surface area contributed by atoms with E-state index in [4.69, 9.17) is 9.84 Å². The summed E-state index contributed by atoms with van der Waals surface area (Å²) >= 11 is 0. The van der Waals surface area contributed by atoms with E-state index in [9.17, 15) is 13.6 Å². The fourth-order valence-electron chi connectivity index (χ4n) is 0.904. The van der Waals surface area contributed by atoms with Gasteiger partial charge in [0, 0.05) is 6.92 Å². The molecule has 0 aliphatic rings. The molecule has 0 radical (unpaired) electrons. The van der Waals surface area contributed by atoms with E-state index < -0.39 is 18.5 Å². The number of hydrogen-bond acceptors (Lipinski definition) is 2. The van der Waals surface area contributed by atoms with E-state index in [-0.39, 0.29) is 11.3 Å². The first kappa shape index (κ1) is 11.4. The Labute approximate surface area is 85.3 Å². The summed E-state index contributed by atoms with van der Waals surface area (Å²) in [7, 11) is 0. The van der Waals surface area contributed by atoms with Gasteiger partial charge in [-0.2, -0.15) is 0 Å². The van der Waals surface area contributed by atoms with Crippen LogP contribution in [0.15, 0.2) is 24.3 Å². The van der Waals surface area contributed by atoms with Gasteiger partial charge >= 0.3 is 5.97 Å². The quantitative estimate of drug-likeness (QED) is 0.840. The molecule has 1 aromatic rings. The molecule has 0 unspecified atom stereocenters. The minimum atomic E-state index is -2.90. The molecule has 0 fully saturated rings. The van der Waals surface area contributed by atoms with Gasteiger partial charge in [0.05, 0.1) is 5.56 Å². The number of benzene rings is 1. The number of carbonyl (C=O) groups is 1. The van der Waals surface area contributed by atoms with Crippen molar-refractivity contribution >= 4 is 5.97 Å². The minimum absolute atomic E-state index is 0.0885. The Bertz CT molecular complexity index is 341. The molecule has 82 valence electrons. The fourth-order valence-corrected chi connectivity index (χ4v) is 0.904. The smallest absolute Gasteiger partial charge is 0.335 e. The van der Waals surface area contributed by atoms with Crippen LogP contribution in [0.3, 0.4) is 0 Å². The molecule has 0 aliphatic heterocycles. The van der Waals surface area contributed by atoms with Gasteiger partial charge in [0.25, 0.3) is 5.92 Å². The first-order valence-electron chi connectivity index (χ1n) is 4.22. The van der Waals surface area contributed by atoms with Gasteiger partial charge in [0.15, 0.2) is 6.61 Å². The van der Waals surface area contributed by atoms with Crippen molar-refractivity contribution in [2.24, 2.45) is 0 Å². The van der Waals surface area contributed by atoms with E-state index >= 15 is 0 Å². The summed E-state index contributed by atoms with van der Waals surface area (Å²) in [6.07, 6.45) is 0. The summed E-state index contributed by atoms with van der Waals surface area (Å²) < 4.78 is 29.6. The summed E-state index contributed by atoms with van der Waals surface area (Å²) in [6, 6.07) is 5.28.